The highest BCUT2D eigenvalue weighted by atomic mass is 35.5. The van der Waals surface area contributed by atoms with E-state index in [1.54, 1.807) is 6.07 Å². The largest absolute Gasteiger partial charge is 0.481 e. The van der Waals surface area contributed by atoms with Gasteiger partial charge in [-0.2, -0.15) is 0 Å². The van der Waals surface area contributed by atoms with Crippen LogP contribution in [0.4, 0.5) is 5.69 Å². The second-order valence-corrected chi connectivity index (χ2v) is 4.84. The summed E-state index contributed by atoms with van der Waals surface area (Å²) in [7, 11) is 0. The maximum atomic E-state index is 10.5. The first-order valence-electron chi connectivity index (χ1n) is 5.97. The van der Waals surface area contributed by atoms with E-state index in [0.717, 1.165) is 18.7 Å². The lowest BCUT2D eigenvalue weighted by Gasteiger charge is -2.25. The molecule has 0 unspecified atom stereocenters. The van der Waals surface area contributed by atoms with Crippen LogP contribution in [0.2, 0.25) is 10.0 Å². The number of hydrogen-bond donors (Lipinski definition) is 1. The first-order valence-corrected chi connectivity index (χ1v) is 6.72. The van der Waals surface area contributed by atoms with Crippen molar-refractivity contribution in [3.63, 3.8) is 0 Å². The second kappa shape index (κ2) is 7.49. The molecule has 0 fully saturated rings. The molecule has 0 amide bonds. The number of carboxylic acid groups (broad SMARTS) is 1. The minimum absolute atomic E-state index is 0.165. The maximum absolute atomic E-state index is 10.5. The Kier molecular flexibility index (Phi) is 6.30. The lowest BCUT2D eigenvalue weighted by Crippen LogP contribution is -2.26. The van der Waals surface area contributed by atoms with Crippen LogP contribution in [0.5, 0.6) is 0 Å². The van der Waals surface area contributed by atoms with Gasteiger partial charge in [0.25, 0.3) is 0 Å². The first-order chi connectivity index (χ1) is 8.56. The van der Waals surface area contributed by atoms with E-state index in [1.165, 1.54) is 0 Å². The molecule has 0 aliphatic rings. The minimum Gasteiger partial charge on any atom is -0.481 e. The highest BCUT2D eigenvalue weighted by molar-refractivity contribution is 6.43. The van der Waals surface area contributed by atoms with Crippen molar-refractivity contribution < 1.29 is 9.90 Å². The molecule has 1 aromatic carbocycles. The molecule has 0 spiro atoms. The van der Waals surface area contributed by atoms with E-state index in [1.807, 2.05) is 12.1 Å². The standard InChI is InChI=1S/C13H17Cl2NO2/c1-2-8-16(9-4-7-12(17)18)11-6-3-5-10(14)13(11)15/h3,5-6H,2,4,7-9H2,1H3,(H,17,18). The van der Waals surface area contributed by atoms with Crippen LogP contribution < -0.4 is 4.90 Å². The summed E-state index contributed by atoms with van der Waals surface area (Å²) in [6.07, 6.45) is 1.73. The average Bonchev–Trinajstić information content (AvgIpc) is 2.31. The van der Waals surface area contributed by atoms with Crippen LogP contribution in [-0.2, 0) is 4.79 Å². The fourth-order valence-electron chi connectivity index (χ4n) is 1.78. The summed E-state index contributed by atoms with van der Waals surface area (Å²) >= 11 is 12.2. The van der Waals surface area contributed by atoms with Crippen molar-refractivity contribution in [3.05, 3.63) is 28.2 Å². The summed E-state index contributed by atoms with van der Waals surface area (Å²) < 4.78 is 0. The predicted octanol–water partition coefficient (Wildman–Crippen LogP) is 4.07. The van der Waals surface area contributed by atoms with Gasteiger partial charge in [0.05, 0.1) is 15.7 Å². The predicted molar refractivity (Wildman–Crippen MR) is 75.8 cm³/mol. The van der Waals surface area contributed by atoms with E-state index in [-0.39, 0.29) is 6.42 Å². The van der Waals surface area contributed by atoms with Crippen LogP contribution in [0, 0.1) is 0 Å². The number of benzene rings is 1. The molecular weight excluding hydrogens is 273 g/mol. The average molecular weight is 290 g/mol. The fraction of sp³-hybridized carbons (Fsp3) is 0.462. The number of hydrogen-bond acceptors (Lipinski definition) is 2. The van der Waals surface area contributed by atoms with E-state index < -0.39 is 5.97 Å². The lowest BCUT2D eigenvalue weighted by molar-refractivity contribution is -0.137. The van der Waals surface area contributed by atoms with Crippen molar-refractivity contribution in [2.75, 3.05) is 18.0 Å². The molecule has 0 saturated heterocycles. The Hall–Kier alpha value is -0.930. The molecular formula is C13H17Cl2NO2. The molecule has 0 aliphatic carbocycles. The van der Waals surface area contributed by atoms with Crippen LogP contribution in [-0.4, -0.2) is 24.2 Å². The Morgan fingerprint density at radius 1 is 1.33 bits per heavy atom. The van der Waals surface area contributed by atoms with Gasteiger partial charge >= 0.3 is 5.97 Å². The summed E-state index contributed by atoms with van der Waals surface area (Å²) in [6, 6.07) is 5.50. The molecule has 18 heavy (non-hydrogen) atoms. The van der Waals surface area contributed by atoms with Gasteiger partial charge in [-0.3, -0.25) is 4.79 Å². The number of nitrogens with zero attached hydrogens (tertiary/aromatic N) is 1. The third-order valence-corrected chi connectivity index (χ3v) is 3.39. The zero-order valence-corrected chi connectivity index (χ0v) is 11.8. The number of carboxylic acids is 1. The van der Waals surface area contributed by atoms with Crippen molar-refractivity contribution in [2.45, 2.75) is 26.2 Å². The van der Waals surface area contributed by atoms with Gasteiger partial charge in [0, 0.05) is 19.5 Å². The third kappa shape index (κ3) is 4.39. The molecule has 0 heterocycles. The smallest absolute Gasteiger partial charge is 0.303 e. The highest BCUT2D eigenvalue weighted by Gasteiger charge is 2.12. The van der Waals surface area contributed by atoms with Crippen LogP contribution >= 0.6 is 23.2 Å². The summed E-state index contributed by atoms with van der Waals surface area (Å²) in [6.45, 7) is 3.57. The summed E-state index contributed by atoms with van der Waals surface area (Å²) in [5.74, 6) is -0.774. The number of aliphatic carboxylic acids is 1. The molecule has 3 nitrogen and oxygen atoms in total. The molecule has 100 valence electrons. The molecule has 5 heteroatoms. The first kappa shape index (κ1) is 15.1. The monoisotopic (exact) mass is 289 g/mol. The second-order valence-electron chi connectivity index (χ2n) is 4.06. The zero-order chi connectivity index (χ0) is 13.5. The molecule has 0 aliphatic heterocycles. The molecule has 0 bridgehead atoms. The highest BCUT2D eigenvalue weighted by Crippen LogP contribution is 2.32. The van der Waals surface area contributed by atoms with Crippen LogP contribution in [0.1, 0.15) is 26.2 Å². The molecule has 0 radical (unpaired) electrons. The Bertz CT molecular complexity index is 410. The maximum Gasteiger partial charge on any atom is 0.303 e. The zero-order valence-electron chi connectivity index (χ0n) is 10.3. The van der Waals surface area contributed by atoms with E-state index in [2.05, 4.69) is 11.8 Å². The Morgan fingerprint density at radius 2 is 2.06 bits per heavy atom. The SMILES string of the molecule is CCCN(CCCC(=O)O)c1cccc(Cl)c1Cl. The van der Waals surface area contributed by atoms with Crippen molar-refractivity contribution in [1.29, 1.82) is 0 Å². The van der Waals surface area contributed by atoms with Crippen LogP contribution in [0.25, 0.3) is 0 Å². The van der Waals surface area contributed by atoms with E-state index >= 15 is 0 Å². The van der Waals surface area contributed by atoms with Crippen LogP contribution in [0.3, 0.4) is 0 Å². The number of halogens is 2. The Morgan fingerprint density at radius 3 is 2.67 bits per heavy atom. The van der Waals surface area contributed by atoms with Gasteiger partial charge in [-0.05, 0) is 25.0 Å². The van der Waals surface area contributed by atoms with E-state index in [9.17, 15) is 4.79 Å². The van der Waals surface area contributed by atoms with Gasteiger partial charge in [-0.15, -0.1) is 0 Å². The Labute approximate surface area is 117 Å². The van der Waals surface area contributed by atoms with Gasteiger partial charge in [0.1, 0.15) is 0 Å². The lowest BCUT2D eigenvalue weighted by atomic mass is 10.2. The molecule has 1 N–H and O–H groups in total. The summed E-state index contributed by atoms with van der Waals surface area (Å²) in [4.78, 5) is 12.6. The van der Waals surface area contributed by atoms with Crippen LogP contribution in [0.15, 0.2) is 18.2 Å². The van der Waals surface area contributed by atoms with Gasteiger partial charge in [0.2, 0.25) is 0 Å². The summed E-state index contributed by atoms with van der Waals surface area (Å²) in [5, 5.41) is 9.71. The normalized spacial score (nSPS) is 10.4. The van der Waals surface area contributed by atoms with Gasteiger partial charge < -0.3 is 10.0 Å². The quantitative estimate of drug-likeness (QED) is 0.822. The third-order valence-electron chi connectivity index (χ3n) is 2.58. The molecule has 0 aromatic heterocycles. The van der Waals surface area contributed by atoms with Gasteiger partial charge in [0.15, 0.2) is 0 Å². The minimum atomic E-state index is -0.774. The van der Waals surface area contributed by atoms with Gasteiger partial charge in [-0.25, -0.2) is 0 Å². The van der Waals surface area contributed by atoms with Crippen molar-refractivity contribution in [3.8, 4) is 0 Å². The summed E-state index contributed by atoms with van der Waals surface area (Å²) in [5.41, 5.74) is 0.872. The molecule has 0 saturated carbocycles. The van der Waals surface area contributed by atoms with Crippen molar-refractivity contribution in [1.82, 2.24) is 0 Å². The van der Waals surface area contributed by atoms with Crippen molar-refractivity contribution in [2.24, 2.45) is 0 Å². The molecule has 1 rings (SSSR count). The van der Waals surface area contributed by atoms with E-state index in [0.29, 0.717) is 23.0 Å². The number of rotatable bonds is 7. The van der Waals surface area contributed by atoms with Crippen molar-refractivity contribution >= 4 is 34.9 Å². The number of carbonyl (C=O) groups is 1. The van der Waals surface area contributed by atoms with E-state index in [4.69, 9.17) is 28.3 Å². The molecule has 1 aromatic rings. The number of anilines is 1. The topological polar surface area (TPSA) is 40.5 Å². The molecule has 0 atom stereocenters. The van der Waals surface area contributed by atoms with Gasteiger partial charge in [-0.1, -0.05) is 36.2 Å². The fourth-order valence-corrected chi connectivity index (χ4v) is 2.20. The Balaban J connectivity index is 2.77.